The summed E-state index contributed by atoms with van der Waals surface area (Å²) in [5.41, 5.74) is -2.74. The molecule has 80 valence electrons. The van der Waals surface area contributed by atoms with Crippen molar-refractivity contribution in [1.29, 1.82) is 0 Å². The van der Waals surface area contributed by atoms with Crippen LogP contribution in [0, 0.1) is 0 Å². The predicted molar refractivity (Wildman–Crippen MR) is 58.5 cm³/mol. The average molecular weight is 312 g/mol. The first-order valence-electron chi connectivity index (χ1n) is 3.17. The summed E-state index contributed by atoms with van der Waals surface area (Å²) in [6.07, 6.45) is -2.29. The van der Waals surface area contributed by atoms with Crippen LogP contribution in [-0.2, 0) is 14.4 Å². The maximum atomic E-state index is 10.3. The molecule has 0 radical (unpaired) electrons. The van der Waals surface area contributed by atoms with E-state index in [1.807, 2.05) is 0 Å². The van der Waals surface area contributed by atoms with Gasteiger partial charge >= 0.3 is 172 Å². The van der Waals surface area contributed by atoms with Gasteiger partial charge in [0.25, 0.3) is 0 Å². The second kappa shape index (κ2) is 13.3. The Balaban J connectivity index is -0.000000240. The molecule has 10 heteroatoms. The Morgan fingerprint density at radius 2 is 1.06 bits per heavy atom. The molecular formula is C6H11K3O7. The standard InChI is InChI=1S/C6H8O7.3K.3H/c7-3(8)1-6(13,5(11)12)2-4(9)10;;;;;;/h13H,1-2H2,(H,7,8)(H,9,10)(H,11,12);;;;;;. The number of carbonyl (C=O) groups is 3. The summed E-state index contributed by atoms with van der Waals surface area (Å²) in [5.74, 6) is -5.02. The number of carboxylic acid groups (broad SMARTS) is 3. The fourth-order valence-corrected chi connectivity index (χ4v) is 0.714. The van der Waals surface area contributed by atoms with Crippen LogP contribution in [0.1, 0.15) is 12.8 Å². The number of hydrogen-bond donors (Lipinski definition) is 4. The Labute approximate surface area is 219 Å². The van der Waals surface area contributed by atoms with E-state index >= 15 is 0 Å². The molecule has 0 heterocycles. The Bertz CT molecular complexity index is 239. The van der Waals surface area contributed by atoms with Crippen LogP contribution >= 0.6 is 0 Å². The molecule has 0 aliphatic carbocycles. The molecule has 0 bridgehead atoms. The van der Waals surface area contributed by atoms with Crippen molar-refractivity contribution in [1.82, 2.24) is 0 Å². The zero-order valence-electron chi connectivity index (χ0n) is 6.43. The molecule has 0 spiro atoms. The molecule has 0 aliphatic rings. The van der Waals surface area contributed by atoms with E-state index in [-0.39, 0.29) is 154 Å². The second-order valence-electron chi connectivity index (χ2n) is 2.48. The fraction of sp³-hybridized carbons (Fsp3) is 0.500. The maximum absolute atomic E-state index is 10.3. The molecule has 0 aromatic carbocycles. The topological polar surface area (TPSA) is 132 Å². The van der Waals surface area contributed by atoms with Crippen LogP contribution in [0.4, 0.5) is 0 Å². The number of carboxylic acids is 3. The van der Waals surface area contributed by atoms with Gasteiger partial charge in [-0.05, 0) is 0 Å². The Kier molecular flexibility index (Phi) is 22.9. The van der Waals surface area contributed by atoms with Crippen LogP contribution in [-0.4, -0.2) is 198 Å². The average Bonchev–Trinajstić information content (AvgIpc) is 1.82. The third-order valence-electron chi connectivity index (χ3n) is 1.29. The van der Waals surface area contributed by atoms with Gasteiger partial charge in [-0.15, -0.1) is 0 Å². The van der Waals surface area contributed by atoms with Gasteiger partial charge in [0.2, 0.25) is 0 Å². The van der Waals surface area contributed by atoms with E-state index in [0.29, 0.717) is 0 Å². The summed E-state index contributed by atoms with van der Waals surface area (Å²) in [6.45, 7) is 0. The minimum absolute atomic E-state index is 0. The summed E-state index contributed by atoms with van der Waals surface area (Å²) < 4.78 is 0. The zero-order chi connectivity index (χ0) is 10.6. The molecule has 7 nitrogen and oxygen atoms in total. The van der Waals surface area contributed by atoms with Crippen molar-refractivity contribution in [3.05, 3.63) is 0 Å². The molecule has 0 saturated carbocycles. The van der Waals surface area contributed by atoms with E-state index in [1.165, 1.54) is 0 Å². The normalized spacial score (nSPS) is 8.81. The van der Waals surface area contributed by atoms with E-state index in [4.69, 9.17) is 20.4 Å². The van der Waals surface area contributed by atoms with E-state index in [1.54, 1.807) is 0 Å². The zero-order valence-corrected chi connectivity index (χ0v) is 6.43. The monoisotopic (exact) mass is 312 g/mol. The number of rotatable bonds is 5. The van der Waals surface area contributed by atoms with Crippen molar-refractivity contribution in [2.75, 3.05) is 0 Å². The minimum atomic E-state index is -2.74. The summed E-state index contributed by atoms with van der Waals surface area (Å²) in [4.78, 5) is 30.5. The molecule has 0 amide bonds. The molecule has 0 saturated heterocycles. The van der Waals surface area contributed by atoms with Gasteiger partial charge in [-0.1, -0.05) is 0 Å². The molecule has 0 unspecified atom stereocenters. The fourth-order valence-electron chi connectivity index (χ4n) is 0.714. The van der Waals surface area contributed by atoms with Crippen molar-refractivity contribution in [3.8, 4) is 0 Å². The van der Waals surface area contributed by atoms with Crippen LogP contribution in [0.15, 0.2) is 0 Å². The molecule has 4 N–H and O–H groups in total. The van der Waals surface area contributed by atoms with Crippen molar-refractivity contribution in [2.24, 2.45) is 0 Å². The SMILES string of the molecule is O=C(O)CC(O)(CC(=O)O)C(=O)O.[KH].[KH].[KH]. The molecule has 0 atom stereocenters. The summed E-state index contributed by atoms with van der Waals surface area (Å²) >= 11 is 0. The van der Waals surface area contributed by atoms with Gasteiger partial charge in [0.05, 0.1) is 12.8 Å². The molecule has 0 aliphatic heterocycles. The third-order valence-corrected chi connectivity index (χ3v) is 1.29. The van der Waals surface area contributed by atoms with E-state index in [9.17, 15) is 14.4 Å². The summed E-state index contributed by atoms with van der Waals surface area (Å²) in [7, 11) is 0. The Morgan fingerprint density at radius 1 is 0.812 bits per heavy atom. The Morgan fingerprint density at radius 3 is 1.19 bits per heavy atom. The van der Waals surface area contributed by atoms with Crippen LogP contribution in [0.2, 0.25) is 0 Å². The van der Waals surface area contributed by atoms with Crippen LogP contribution in [0.3, 0.4) is 0 Å². The molecule has 0 aromatic heterocycles. The van der Waals surface area contributed by atoms with Crippen molar-refractivity contribution in [2.45, 2.75) is 18.4 Å². The first kappa shape index (κ1) is 27.6. The van der Waals surface area contributed by atoms with Gasteiger partial charge in [0.1, 0.15) is 0 Å². The van der Waals surface area contributed by atoms with Crippen molar-refractivity contribution in [3.63, 3.8) is 0 Å². The van der Waals surface area contributed by atoms with Crippen molar-refractivity contribution >= 4 is 172 Å². The Hall–Kier alpha value is 3.28. The number of aliphatic carboxylic acids is 3. The number of aliphatic hydroxyl groups is 1. The van der Waals surface area contributed by atoms with Gasteiger partial charge in [0, 0.05) is 0 Å². The first-order chi connectivity index (χ1) is 5.78. The summed E-state index contributed by atoms with van der Waals surface area (Å²) in [5, 5.41) is 33.8. The molecule has 16 heavy (non-hydrogen) atoms. The van der Waals surface area contributed by atoms with Crippen LogP contribution in [0.5, 0.6) is 0 Å². The van der Waals surface area contributed by atoms with Gasteiger partial charge in [-0.25, -0.2) is 4.79 Å². The van der Waals surface area contributed by atoms with Crippen LogP contribution < -0.4 is 0 Å². The van der Waals surface area contributed by atoms with Gasteiger partial charge in [0.15, 0.2) is 5.60 Å². The molecule has 0 aromatic rings. The van der Waals surface area contributed by atoms with E-state index in [2.05, 4.69) is 0 Å². The first-order valence-corrected chi connectivity index (χ1v) is 3.17. The van der Waals surface area contributed by atoms with Gasteiger partial charge in [-0.2, -0.15) is 0 Å². The molecule has 0 rings (SSSR count). The van der Waals surface area contributed by atoms with Crippen LogP contribution in [0.25, 0.3) is 0 Å². The predicted octanol–water partition coefficient (Wildman–Crippen LogP) is -3.19. The van der Waals surface area contributed by atoms with E-state index in [0.717, 1.165) is 0 Å². The van der Waals surface area contributed by atoms with E-state index < -0.39 is 36.4 Å². The van der Waals surface area contributed by atoms with Gasteiger partial charge < -0.3 is 20.4 Å². The second-order valence-corrected chi connectivity index (χ2v) is 2.48. The summed E-state index contributed by atoms with van der Waals surface area (Å²) in [6, 6.07) is 0. The molecule has 0 fully saturated rings. The molecular weight excluding hydrogens is 301 g/mol. The van der Waals surface area contributed by atoms with Gasteiger partial charge in [-0.3, -0.25) is 9.59 Å². The number of hydrogen-bond acceptors (Lipinski definition) is 4. The third kappa shape index (κ3) is 12.3. The van der Waals surface area contributed by atoms with Crippen molar-refractivity contribution < 1.29 is 34.8 Å². The quantitative estimate of drug-likeness (QED) is 0.393.